The maximum Gasteiger partial charge on any atom is 0.0175 e. The highest BCUT2D eigenvalue weighted by atomic mass is 79.9. The average Bonchev–Trinajstić information content (AvgIpc) is 3.77. The van der Waals surface area contributed by atoms with Crippen LogP contribution in [0.3, 0.4) is 0 Å². The molecule has 0 saturated heterocycles. The predicted octanol–water partition coefficient (Wildman–Crippen LogP) is 14.0. The number of halogens is 3. The van der Waals surface area contributed by atoms with Crippen molar-refractivity contribution in [3.63, 3.8) is 0 Å². The molecule has 0 radical (unpaired) electrons. The first-order valence-electron chi connectivity index (χ1n) is 17.8. The summed E-state index contributed by atoms with van der Waals surface area (Å²) in [6.45, 7) is 0. The van der Waals surface area contributed by atoms with Crippen LogP contribution in [0.25, 0.3) is 33.4 Å². The van der Waals surface area contributed by atoms with E-state index in [2.05, 4.69) is 193 Å². The third kappa shape index (κ3) is 5.18. The van der Waals surface area contributed by atoms with Crippen LogP contribution in [0, 0.1) is 0 Å². The topological polar surface area (TPSA) is 0 Å². The zero-order valence-electron chi connectivity index (χ0n) is 27.8. The van der Waals surface area contributed by atoms with Gasteiger partial charge in [-0.3, -0.25) is 0 Å². The minimum Gasteiger partial charge on any atom is -0.0619 e. The monoisotopic (exact) mass is 846 g/mol. The van der Waals surface area contributed by atoms with Crippen LogP contribution >= 0.6 is 47.8 Å². The molecule has 7 aromatic rings. The van der Waals surface area contributed by atoms with Gasteiger partial charge < -0.3 is 0 Å². The van der Waals surface area contributed by atoms with E-state index >= 15 is 0 Å². The second kappa shape index (κ2) is 12.6. The molecule has 0 bridgehead atoms. The Morgan fingerprint density at radius 3 is 0.843 bits per heavy atom. The van der Waals surface area contributed by atoms with Crippen LogP contribution in [-0.2, 0) is 19.3 Å². The molecule has 10 rings (SSSR count). The molecule has 3 aliphatic rings. The van der Waals surface area contributed by atoms with E-state index in [-0.39, 0.29) is 17.8 Å². The highest BCUT2D eigenvalue weighted by molar-refractivity contribution is 9.11. The summed E-state index contributed by atoms with van der Waals surface area (Å²) in [5.74, 6) is 0.772. The fourth-order valence-corrected chi connectivity index (χ4v) is 10.3. The summed E-state index contributed by atoms with van der Waals surface area (Å²) in [7, 11) is 0. The lowest BCUT2D eigenvalue weighted by Gasteiger charge is -2.25. The standard InChI is InChI=1S/C48H33Br3/c49-31-19-13-28(14-20-31)25-40-34-7-1-4-10-37(34)43-46(40)44-38-11-5-2-8-35(38)42(27-30-17-23-33(51)24-18-30)48(44)45-39-12-6-3-9-36(39)41(47(43)45)26-29-15-21-32(50)22-16-29/h1-24,40-42H,25-27H2/t40-,41-,42-/m1/s1. The van der Waals surface area contributed by atoms with Crippen LogP contribution in [0.15, 0.2) is 159 Å². The van der Waals surface area contributed by atoms with Crippen molar-refractivity contribution in [3.8, 4) is 33.4 Å². The normalized spacial score (nSPS) is 17.4. The van der Waals surface area contributed by atoms with Crippen molar-refractivity contribution in [1.82, 2.24) is 0 Å². The van der Waals surface area contributed by atoms with Crippen LogP contribution in [0.5, 0.6) is 0 Å². The van der Waals surface area contributed by atoms with E-state index in [1.807, 2.05) is 0 Å². The number of benzene rings is 7. The van der Waals surface area contributed by atoms with Crippen LogP contribution in [0.2, 0.25) is 0 Å². The quantitative estimate of drug-likeness (QED) is 0.156. The Bertz CT molecular complexity index is 2180. The smallest absolute Gasteiger partial charge is 0.0175 e. The van der Waals surface area contributed by atoms with Gasteiger partial charge in [-0.2, -0.15) is 0 Å². The largest absolute Gasteiger partial charge is 0.0619 e. The highest BCUT2D eigenvalue weighted by Crippen LogP contribution is 2.65. The predicted molar refractivity (Wildman–Crippen MR) is 222 cm³/mol. The van der Waals surface area contributed by atoms with Crippen molar-refractivity contribution in [2.75, 3.05) is 0 Å². The molecule has 246 valence electrons. The molecule has 0 saturated carbocycles. The molecule has 7 aromatic carbocycles. The Kier molecular flexibility index (Phi) is 7.82. The number of rotatable bonds is 6. The fourth-order valence-electron chi connectivity index (χ4n) is 9.48. The van der Waals surface area contributed by atoms with Gasteiger partial charge in [-0.15, -0.1) is 0 Å². The van der Waals surface area contributed by atoms with Crippen molar-refractivity contribution in [2.24, 2.45) is 0 Å². The SMILES string of the molecule is Brc1ccc(C[C@@H]2c3ccccc3-c3c2c2c(c4c3[C@H](Cc3ccc(Br)cc3)c3ccccc3-4)[C@H](Cc3ccc(Br)cc3)c3ccccc3-2)cc1. The van der Waals surface area contributed by atoms with Crippen LogP contribution in [0.4, 0.5) is 0 Å². The lowest BCUT2D eigenvalue weighted by Crippen LogP contribution is -2.09. The minimum absolute atomic E-state index is 0.257. The van der Waals surface area contributed by atoms with Crippen LogP contribution in [-0.4, -0.2) is 0 Å². The summed E-state index contributed by atoms with van der Waals surface area (Å²) in [5, 5.41) is 0. The molecule has 0 spiro atoms. The maximum atomic E-state index is 3.69. The zero-order valence-corrected chi connectivity index (χ0v) is 32.6. The molecule has 0 heterocycles. The van der Waals surface area contributed by atoms with Crippen molar-refractivity contribution < 1.29 is 0 Å². The van der Waals surface area contributed by atoms with Crippen LogP contribution in [0.1, 0.15) is 67.8 Å². The fraction of sp³-hybridized carbons (Fsp3) is 0.125. The van der Waals surface area contributed by atoms with E-state index in [9.17, 15) is 0 Å². The zero-order chi connectivity index (χ0) is 34.2. The van der Waals surface area contributed by atoms with E-state index in [0.717, 1.165) is 32.7 Å². The Morgan fingerprint density at radius 2 is 0.569 bits per heavy atom. The molecule has 0 unspecified atom stereocenters. The first-order valence-corrected chi connectivity index (χ1v) is 20.2. The second-order valence-corrected chi connectivity index (χ2v) is 17.0. The number of hydrogen-bond acceptors (Lipinski definition) is 0. The molecule has 0 nitrogen and oxygen atoms in total. The van der Waals surface area contributed by atoms with Gasteiger partial charge in [0.25, 0.3) is 0 Å². The Balaban J connectivity index is 1.30. The molecule has 0 aromatic heterocycles. The van der Waals surface area contributed by atoms with Crippen molar-refractivity contribution >= 4 is 47.8 Å². The second-order valence-electron chi connectivity index (χ2n) is 14.3. The molecule has 0 aliphatic heterocycles. The van der Waals surface area contributed by atoms with Crippen molar-refractivity contribution in [3.05, 3.63) is 209 Å². The first-order chi connectivity index (χ1) is 25.0. The molecular formula is C48H33Br3. The summed E-state index contributed by atoms with van der Waals surface area (Å²) in [5.41, 5.74) is 21.8. The first kappa shape index (κ1) is 31.7. The lowest BCUT2D eigenvalue weighted by molar-refractivity contribution is 0.802. The summed E-state index contributed by atoms with van der Waals surface area (Å²) < 4.78 is 3.36. The van der Waals surface area contributed by atoms with Gasteiger partial charge in [0, 0.05) is 31.2 Å². The Labute approximate surface area is 325 Å². The van der Waals surface area contributed by atoms with E-state index in [0.29, 0.717) is 0 Å². The summed E-state index contributed by atoms with van der Waals surface area (Å²) in [6.07, 6.45) is 2.89. The van der Waals surface area contributed by atoms with Gasteiger partial charge in [-0.1, -0.05) is 157 Å². The van der Waals surface area contributed by atoms with Gasteiger partial charge >= 0.3 is 0 Å². The third-order valence-corrected chi connectivity index (χ3v) is 13.1. The van der Waals surface area contributed by atoms with Crippen molar-refractivity contribution in [2.45, 2.75) is 37.0 Å². The van der Waals surface area contributed by atoms with Gasteiger partial charge in [0.1, 0.15) is 0 Å². The summed E-state index contributed by atoms with van der Waals surface area (Å²) in [6, 6.07) is 54.9. The highest BCUT2D eigenvalue weighted by Gasteiger charge is 2.46. The molecule has 51 heavy (non-hydrogen) atoms. The third-order valence-electron chi connectivity index (χ3n) is 11.5. The summed E-state index contributed by atoms with van der Waals surface area (Å²) in [4.78, 5) is 0. The number of hydrogen-bond donors (Lipinski definition) is 0. The molecule has 3 atom stereocenters. The minimum atomic E-state index is 0.257. The van der Waals surface area contributed by atoms with E-state index in [4.69, 9.17) is 0 Å². The number of fused-ring (bicyclic) bond motifs is 12. The van der Waals surface area contributed by atoms with Gasteiger partial charge in [0.05, 0.1) is 0 Å². The van der Waals surface area contributed by atoms with E-state index < -0.39 is 0 Å². The Hall–Kier alpha value is -4.02. The van der Waals surface area contributed by atoms with E-state index in [1.165, 1.54) is 83.5 Å². The molecule has 0 amide bonds. The molecule has 0 N–H and O–H groups in total. The molecule has 3 aliphatic carbocycles. The Morgan fingerprint density at radius 1 is 0.314 bits per heavy atom. The van der Waals surface area contributed by atoms with Crippen molar-refractivity contribution in [1.29, 1.82) is 0 Å². The van der Waals surface area contributed by atoms with Gasteiger partial charge in [0.2, 0.25) is 0 Å². The average molecular weight is 850 g/mol. The lowest BCUT2D eigenvalue weighted by atomic mass is 9.78. The van der Waals surface area contributed by atoms with Gasteiger partial charge in [0.15, 0.2) is 0 Å². The molecule has 3 heteroatoms. The maximum absolute atomic E-state index is 3.69. The van der Waals surface area contributed by atoms with E-state index in [1.54, 1.807) is 0 Å². The van der Waals surface area contributed by atoms with Crippen LogP contribution < -0.4 is 0 Å². The van der Waals surface area contributed by atoms with Gasteiger partial charge in [-0.05, 0) is 139 Å². The molecular weight excluding hydrogens is 816 g/mol. The molecule has 0 fully saturated rings. The summed E-state index contributed by atoms with van der Waals surface area (Å²) >= 11 is 11.1. The van der Waals surface area contributed by atoms with Gasteiger partial charge in [-0.25, -0.2) is 0 Å².